The highest BCUT2D eigenvalue weighted by Gasteiger charge is 2.39. The van der Waals surface area contributed by atoms with Crippen LogP contribution < -0.4 is 5.32 Å². The van der Waals surface area contributed by atoms with Crippen LogP contribution in [0.5, 0.6) is 0 Å². The first-order valence-corrected chi connectivity index (χ1v) is 11.8. The summed E-state index contributed by atoms with van der Waals surface area (Å²) in [5.41, 5.74) is 2.35. The van der Waals surface area contributed by atoms with Gasteiger partial charge in [0.05, 0.1) is 12.5 Å². The van der Waals surface area contributed by atoms with Crippen molar-refractivity contribution >= 4 is 11.8 Å². The molecule has 0 radical (unpaired) electrons. The summed E-state index contributed by atoms with van der Waals surface area (Å²) >= 11 is 0. The molecule has 6 heteroatoms. The Kier molecular flexibility index (Phi) is 8.26. The van der Waals surface area contributed by atoms with Crippen molar-refractivity contribution < 1.29 is 14.3 Å². The second-order valence-corrected chi connectivity index (χ2v) is 10.5. The number of carbonyl (C=O) groups is 2. The highest BCUT2D eigenvalue weighted by Crippen LogP contribution is 2.28. The van der Waals surface area contributed by atoms with E-state index in [9.17, 15) is 9.59 Å². The molecule has 176 valence electrons. The summed E-state index contributed by atoms with van der Waals surface area (Å²) in [5.74, 6) is -0.414. The van der Waals surface area contributed by atoms with E-state index < -0.39 is 0 Å². The first kappa shape index (κ1) is 24.6. The van der Waals surface area contributed by atoms with Crippen LogP contribution in [0.3, 0.4) is 0 Å². The van der Waals surface area contributed by atoms with E-state index in [1.165, 1.54) is 4.90 Å². The molecule has 2 amide bonds. The predicted molar refractivity (Wildman–Crippen MR) is 127 cm³/mol. The molecule has 0 spiro atoms. The quantitative estimate of drug-likeness (QED) is 0.443. The van der Waals surface area contributed by atoms with Gasteiger partial charge in [-0.15, -0.1) is 0 Å². The molecular weight excluding hydrogens is 402 g/mol. The van der Waals surface area contributed by atoms with Crippen molar-refractivity contribution in [2.45, 2.75) is 59.2 Å². The fourth-order valence-corrected chi connectivity index (χ4v) is 4.76. The van der Waals surface area contributed by atoms with Gasteiger partial charge in [-0.3, -0.25) is 19.4 Å². The standard InChI is InChI=1S/C26H39N3O3/c1-19(18-27-20(2)17-26(3,4)5)15-22-16-23(30)29(24(22)31)12-11-28-13-14-32-25(28)21-9-7-6-8-10-21/h6-10,20,22,25,27H,1,11-18H2,2-5H3. The molecule has 0 saturated carbocycles. The van der Waals surface area contributed by atoms with Crippen LogP contribution in [0.15, 0.2) is 42.5 Å². The number of carbonyl (C=O) groups excluding carboxylic acids is 2. The van der Waals surface area contributed by atoms with E-state index >= 15 is 0 Å². The summed E-state index contributed by atoms with van der Waals surface area (Å²) in [5, 5.41) is 3.50. The molecule has 1 aromatic carbocycles. The molecule has 3 rings (SSSR count). The largest absolute Gasteiger partial charge is 0.358 e. The van der Waals surface area contributed by atoms with Crippen molar-refractivity contribution in [3.05, 3.63) is 48.0 Å². The molecule has 2 saturated heterocycles. The second-order valence-electron chi connectivity index (χ2n) is 10.5. The third-order valence-electron chi connectivity index (χ3n) is 6.17. The number of likely N-dealkylation sites (tertiary alicyclic amines) is 1. The number of amides is 2. The Bertz CT molecular complexity index is 802. The van der Waals surface area contributed by atoms with E-state index in [-0.39, 0.29) is 35.8 Å². The minimum absolute atomic E-state index is 0.0599. The molecule has 2 aliphatic rings. The Labute approximate surface area is 193 Å². The Morgan fingerprint density at radius 1 is 1.22 bits per heavy atom. The molecule has 3 atom stereocenters. The normalized spacial score (nSPS) is 23.2. The number of imide groups is 1. The van der Waals surface area contributed by atoms with Crippen LogP contribution in [0.4, 0.5) is 0 Å². The van der Waals surface area contributed by atoms with E-state index in [4.69, 9.17) is 4.74 Å². The molecule has 2 fully saturated rings. The summed E-state index contributed by atoms with van der Waals surface area (Å²) in [7, 11) is 0. The Balaban J connectivity index is 1.47. The fourth-order valence-electron chi connectivity index (χ4n) is 4.76. The number of benzene rings is 1. The Morgan fingerprint density at radius 2 is 1.94 bits per heavy atom. The average molecular weight is 442 g/mol. The van der Waals surface area contributed by atoms with E-state index in [1.807, 2.05) is 30.3 Å². The van der Waals surface area contributed by atoms with Crippen molar-refractivity contribution in [2.24, 2.45) is 11.3 Å². The minimum atomic E-state index is -0.283. The van der Waals surface area contributed by atoms with Gasteiger partial charge in [-0.05, 0) is 30.7 Å². The third-order valence-corrected chi connectivity index (χ3v) is 6.17. The van der Waals surface area contributed by atoms with Gasteiger partial charge in [0.2, 0.25) is 11.8 Å². The number of nitrogens with zero attached hydrogens (tertiary/aromatic N) is 2. The fraction of sp³-hybridized carbons (Fsp3) is 0.615. The van der Waals surface area contributed by atoms with Crippen LogP contribution in [0.2, 0.25) is 0 Å². The number of hydrogen-bond donors (Lipinski definition) is 1. The summed E-state index contributed by atoms with van der Waals surface area (Å²) in [4.78, 5) is 29.1. The summed E-state index contributed by atoms with van der Waals surface area (Å²) in [6, 6.07) is 10.5. The Hall–Kier alpha value is -2.02. The van der Waals surface area contributed by atoms with Gasteiger partial charge in [-0.2, -0.15) is 0 Å². The molecular formula is C26H39N3O3. The SMILES string of the molecule is C=C(CNC(C)CC(C)(C)C)CC1CC(=O)N(CCN2CCOC2c2ccccc2)C1=O. The smallest absolute Gasteiger partial charge is 0.233 e. The van der Waals surface area contributed by atoms with Crippen molar-refractivity contribution in [3.8, 4) is 0 Å². The molecule has 0 aromatic heterocycles. The van der Waals surface area contributed by atoms with E-state index in [1.54, 1.807) is 0 Å². The maximum atomic E-state index is 12.9. The molecule has 2 aliphatic heterocycles. The van der Waals surface area contributed by atoms with Crippen molar-refractivity contribution in [2.75, 3.05) is 32.8 Å². The molecule has 6 nitrogen and oxygen atoms in total. The van der Waals surface area contributed by atoms with E-state index in [0.717, 1.165) is 24.1 Å². The van der Waals surface area contributed by atoms with Gasteiger partial charge in [-0.1, -0.05) is 63.3 Å². The molecule has 1 aromatic rings. The van der Waals surface area contributed by atoms with E-state index in [2.05, 4.69) is 44.5 Å². The van der Waals surface area contributed by atoms with Crippen LogP contribution in [-0.4, -0.2) is 60.4 Å². The zero-order valence-electron chi connectivity index (χ0n) is 20.1. The number of ether oxygens (including phenoxy) is 1. The lowest BCUT2D eigenvalue weighted by Gasteiger charge is -2.25. The molecule has 2 heterocycles. The van der Waals surface area contributed by atoms with Crippen LogP contribution in [0.25, 0.3) is 0 Å². The summed E-state index contributed by atoms with van der Waals surface area (Å²) in [6.45, 7) is 16.2. The first-order chi connectivity index (χ1) is 15.1. The zero-order chi connectivity index (χ0) is 23.3. The monoisotopic (exact) mass is 441 g/mol. The molecule has 3 unspecified atom stereocenters. The molecule has 0 aliphatic carbocycles. The van der Waals surface area contributed by atoms with Crippen LogP contribution in [-0.2, 0) is 14.3 Å². The summed E-state index contributed by atoms with van der Waals surface area (Å²) in [6.07, 6.45) is 1.81. The van der Waals surface area contributed by atoms with Gasteiger partial charge in [-0.25, -0.2) is 0 Å². The van der Waals surface area contributed by atoms with E-state index in [0.29, 0.717) is 38.7 Å². The highest BCUT2D eigenvalue weighted by atomic mass is 16.5. The lowest BCUT2D eigenvalue weighted by Crippen LogP contribution is -2.39. The highest BCUT2D eigenvalue weighted by molar-refractivity contribution is 6.03. The van der Waals surface area contributed by atoms with Gasteiger partial charge < -0.3 is 10.1 Å². The second kappa shape index (κ2) is 10.7. The third kappa shape index (κ3) is 6.74. The van der Waals surface area contributed by atoms with Crippen molar-refractivity contribution in [1.82, 2.24) is 15.1 Å². The Morgan fingerprint density at radius 3 is 2.62 bits per heavy atom. The first-order valence-electron chi connectivity index (χ1n) is 11.8. The van der Waals surface area contributed by atoms with Gasteiger partial charge in [0.25, 0.3) is 0 Å². The van der Waals surface area contributed by atoms with Crippen molar-refractivity contribution in [1.29, 1.82) is 0 Å². The number of hydrogen-bond acceptors (Lipinski definition) is 5. The van der Waals surface area contributed by atoms with Crippen LogP contribution >= 0.6 is 0 Å². The lowest BCUT2D eigenvalue weighted by molar-refractivity contribution is -0.139. The number of rotatable bonds is 10. The van der Waals surface area contributed by atoms with Crippen LogP contribution in [0, 0.1) is 11.3 Å². The molecule has 32 heavy (non-hydrogen) atoms. The maximum absolute atomic E-state index is 12.9. The topological polar surface area (TPSA) is 61.9 Å². The average Bonchev–Trinajstić information content (AvgIpc) is 3.29. The lowest BCUT2D eigenvalue weighted by atomic mass is 9.88. The summed E-state index contributed by atoms with van der Waals surface area (Å²) < 4.78 is 5.89. The predicted octanol–water partition coefficient (Wildman–Crippen LogP) is 3.75. The molecule has 1 N–H and O–H groups in total. The maximum Gasteiger partial charge on any atom is 0.233 e. The van der Waals surface area contributed by atoms with Gasteiger partial charge >= 0.3 is 0 Å². The molecule has 0 bridgehead atoms. The van der Waals surface area contributed by atoms with Crippen molar-refractivity contribution in [3.63, 3.8) is 0 Å². The minimum Gasteiger partial charge on any atom is -0.358 e. The van der Waals surface area contributed by atoms with Gasteiger partial charge in [0.1, 0.15) is 6.23 Å². The number of nitrogens with one attached hydrogen (secondary N) is 1. The van der Waals surface area contributed by atoms with Gasteiger partial charge in [0, 0.05) is 38.6 Å². The zero-order valence-corrected chi connectivity index (χ0v) is 20.1. The van der Waals surface area contributed by atoms with Gasteiger partial charge in [0.15, 0.2) is 0 Å². The van der Waals surface area contributed by atoms with Crippen LogP contribution in [0.1, 0.15) is 58.7 Å².